The summed E-state index contributed by atoms with van der Waals surface area (Å²) >= 11 is 0. The van der Waals surface area contributed by atoms with Gasteiger partial charge in [-0.05, 0) is 51.3 Å². The Hall–Kier alpha value is -2.41. The highest BCUT2D eigenvalue weighted by atomic mass is 16.3. The Balaban J connectivity index is 1.65. The lowest BCUT2D eigenvalue weighted by molar-refractivity contribution is 0.00951. The fourth-order valence-electron chi connectivity index (χ4n) is 3.36. The lowest BCUT2D eigenvalue weighted by Gasteiger charge is -2.34. The van der Waals surface area contributed by atoms with Gasteiger partial charge in [0.2, 0.25) is 0 Å². The molecule has 1 fully saturated rings. The van der Waals surface area contributed by atoms with Gasteiger partial charge in [0.05, 0.1) is 35.8 Å². The summed E-state index contributed by atoms with van der Waals surface area (Å²) in [6, 6.07) is 7.44. The third-order valence-corrected chi connectivity index (χ3v) is 4.75. The molecular formula is C18H25N5O2. The normalized spacial score (nSPS) is 19.0. The summed E-state index contributed by atoms with van der Waals surface area (Å²) in [6.07, 6.45) is 5.16. The maximum absolute atomic E-state index is 12.6. The zero-order valence-electron chi connectivity index (χ0n) is 14.9. The quantitative estimate of drug-likeness (QED) is 0.892. The molecule has 7 nitrogen and oxygen atoms in total. The fraction of sp³-hybridized carbons (Fsp3) is 0.500. The zero-order chi connectivity index (χ0) is 18.0. The molecule has 0 spiro atoms. The van der Waals surface area contributed by atoms with Gasteiger partial charge in [-0.1, -0.05) is 17.3 Å². The van der Waals surface area contributed by atoms with Crippen LogP contribution in [0, 0.1) is 0 Å². The number of likely N-dealkylation sites (tertiary alicyclic amines) is 1. The van der Waals surface area contributed by atoms with Crippen LogP contribution in [0.2, 0.25) is 0 Å². The Bertz CT molecular complexity index is 706. The third-order valence-electron chi connectivity index (χ3n) is 4.75. The van der Waals surface area contributed by atoms with Crippen LogP contribution in [0.4, 0.5) is 4.79 Å². The van der Waals surface area contributed by atoms with Gasteiger partial charge in [0, 0.05) is 6.54 Å². The van der Waals surface area contributed by atoms with Crippen molar-refractivity contribution in [1.29, 1.82) is 0 Å². The number of nitrogens with zero attached hydrogens (tertiary/aromatic N) is 4. The van der Waals surface area contributed by atoms with E-state index in [9.17, 15) is 9.90 Å². The van der Waals surface area contributed by atoms with E-state index in [1.165, 1.54) is 0 Å². The van der Waals surface area contributed by atoms with Crippen molar-refractivity contribution in [1.82, 2.24) is 25.2 Å². The summed E-state index contributed by atoms with van der Waals surface area (Å²) in [7, 11) is 0. The molecule has 1 aromatic heterocycles. The number of urea groups is 1. The van der Waals surface area contributed by atoms with Crippen molar-refractivity contribution in [2.45, 2.75) is 51.3 Å². The maximum Gasteiger partial charge on any atom is 0.318 e. The Morgan fingerprint density at radius 1 is 1.36 bits per heavy atom. The van der Waals surface area contributed by atoms with Crippen molar-refractivity contribution in [3.05, 3.63) is 42.2 Å². The summed E-state index contributed by atoms with van der Waals surface area (Å²) < 4.78 is 1.69. The summed E-state index contributed by atoms with van der Waals surface area (Å²) in [5.41, 5.74) is 1.04. The molecule has 2 aromatic rings. The number of aromatic nitrogens is 3. The van der Waals surface area contributed by atoms with Gasteiger partial charge >= 0.3 is 6.03 Å². The fourth-order valence-corrected chi connectivity index (χ4v) is 3.36. The number of carbonyl (C=O) groups is 1. The van der Waals surface area contributed by atoms with Gasteiger partial charge in [0.25, 0.3) is 0 Å². The molecule has 2 heterocycles. The second-order valence-corrected chi connectivity index (χ2v) is 7.12. The molecule has 3 rings (SSSR count). The van der Waals surface area contributed by atoms with Crippen LogP contribution in [0.15, 0.2) is 36.7 Å². The van der Waals surface area contributed by atoms with Gasteiger partial charge in [-0.3, -0.25) is 0 Å². The number of carbonyl (C=O) groups excluding carboxylic acids is 1. The van der Waals surface area contributed by atoms with E-state index >= 15 is 0 Å². The van der Waals surface area contributed by atoms with Crippen LogP contribution in [-0.4, -0.2) is 49.2 Å². The number of hydrogen-bond acceptors (Lipinski definition) is 4. The average Bonchev–Trinajstić information content (AvgIpc) is 3.26. The average molecular weight is 343 g/mol. The molecule has 2 amide bonds. The predicted octanol–water partition coefficient (Wildman–Crippen LogP) is 2.27. The van der Waals surface area contributed by atoms with Crippen molar-refractivity contribution in [2.75, 3.05) is 6.54 Å². The van der Waals surface area contributed by atoms with Gasteiger partial charge in [-0.25, -0.2) is 9.48 Å². The van der Waals surface area contributed by atoms with E-state index in [4.69, 9.17) is 0 Å². The van der Waals surface area contributed by atoms with E-state index in [-0.39, 0.29) is 18.1 Å². The predicted molar refractivity (Wildman–Crippen MR) is 94.3 cm³/mol. The minimum absolute atomic E-state index is 0.125. The van der Waals surface area contributed by atoms with E-state index < -0.39 is 5.60 Å². The van der Waals surface area contributed by atoms with E-state index in [0.717, 1.165) is 24.1 Å². The Kier molecular flexibility index (Phi) is 4.76. The zero-order valence-corrected chi connectivity index (χ0v) is 14.9. The highest BCUT2D eigenvalue weighted by Gasteiger charge is 2.38. The van der Waals surface area contributed by atoms with Gasteiger partial charge in [-0.15, -0.1) is 5.10 Å². The van der Waals surface area contributed by atoms with Crippen LogP contribution in [0.3, 0.4) is 0 Å². The number of amides is 2. The van der Waals surface area contributed by atoms with E-state index in [2.05, 4.69) is 15.6 Å². The number of hydrogen-bond donors (Lipinski definition) is 2. The monoisotopic (exact) mass is 343 g/mol. The summed E-state index contributed by atoms with van der Waals surface area (Å²) in [5.74, 6) is 0. The maximum atomic E-state index is 12.6. The first-order chi connectivity index (χ1) is 11.9. The smallest absolute Gasteiger partial charge is 0.318 e. The Morgan fingerprint density at radius 3 is 2.68 bits per heavy atom. The second-order valence-electron chi connectivity index (χ2n) is 7.12. The second kappa shape index (κ2) is 6.84. The van der Waals surface area contributed by atoms with Gasteiger partial charge < -0.3 is 15.3 Å². The standard InChI is InChI=1S/C18H25N5O2/c1-13(14-6-8-15(9-7-14)23-12-10-19-21-23)20-17(24)22-11-4-5-16(22)18(2,3)25/h6-10,12-13,16,25H,4-5,11H2,1-3H3,(H,20,24)/t13-,16-/m0/s1. The Labute approximate surface area is 147 Å². The molecule has 0 unspecified atom stereocenters. The molecule has 1 aliphatic rings. The van der Waals surface area contributed by atoms with Crippen molar-refractivity contribution in [2.24, 2.45) is 0 Å². The molecule has 2 atom stereocenters. The van der Waals surface area contributed by atoms with Crippen LogP contribution < -0.4 is 5.32 Å². The van der Waals surface area contributed by atoms with Crippen molar-refractivity contribution < 1.29 is 9.90 Å². The lowest BCUT2D eigenvalue weighted by Crippen LogP contribution is -2.51. The van der Waals surface area contributed by atoms with Crippen LogP contribution in [0.5, 0.6) is 0 Å². The molecule has 134 valence electrons. The third kappa shape index (κ3) is 3.82. The van der Waals surface area contributed by atoms with E-state index in [0.29, 0.717) is 6.54 Å². The number of benzene rings is 1. The molecular weight excluding hydrogens is 318 g/mol. The number of nitrogens with one attached hydrogen (secondary N) is 1. The van der Waals surface area contributed by atoms with E-state index in [1.54, 1.807) is 35.8 Å². The van der Waals surface area contributed by atoms with E-state index in [1.807, 2.05) is 31.2 Å². The van der Waals surface area contributed by atoms with Gasteiger partial charge in [0.1, 0.15) is 0 Å². The van der Waals surface area contributed by atoms with Crippen LogP contribution in [0.25, 0.3) is 5.69 Å². The molecule has 1 aromatic carbocycles. The van der Waals surface area contributed by atoms with Crippen LogP contribution in [0.1, 0.15) is 45.2 Å². The number of aliphatic hydroxyl groups is 1. The first kappa shape index (κ1) is 17.4. The summed E-state index contributed by atoms with van der Waals surface area (Å²) in [6.45, 7) is 6.15. The van der Waals surface area contributed by atoms with Crippen molar-refractivity contribution >= 4 is 6.03 Å². The number of rotatable bonds is 4. The Morgan fingerprint density at radius 2 is 2.08 bits per heavy atom. The largest absolute Gasteiger partial charge is 0.388 e. The first-order valence-electron chi connectivity index (χ1n) is 8.62. The highest BCUT2D eigenvalue weighted by molar-refractivity contribution is 5.75. The molecule has 0 saturated carbocycles. The molecule has 0 aliphatic carbocycles. The minimum Gasteiger partial charge on any atom is -0.388 e. The van der Waals surface area contributed by atoms with Crippen molar-refractivity contribution in [3.8, 4) is 5.69 Å². The molecule has 1 aliphatic heterocycles. The molecule has 1 saturated heterocycles. The van der Waals surface area contributed by atoms with Gasteiger partial charge in [0.15, 0.2) is 0 Å². The molecule has 2 N–H and O–H groups in total. The molecule has 0 bridgehead atoms. The summed E-state index contributed by atoms with van der Waals surface area (Å²) in [5, 5.41) is 21.1. The SMILES string of the molecule is C[C@H](NC(=O)N1CCC[C@H]1C(C)(C)O)c1ccc(-n2ccnn2)cc1. The minimum atomic E-state index is -0.892. The molecule has 0 radical (unpaired) electrons. The van der Waals surface area contributed by atoms with Crippen molar-refractivity contribution in [3.63, 3.8) is 0 Å². The van der Waals surface area contributed by atoms with Crippen LogP contribution >= 0.6 is 0 Å². The molecule has 25 heavy (non-hydrogen) atoms. The molecule has 7 heteroatoms. The highest BCUT2D eigenvalue weighted by Crippen LogP contribution is 2.27. The summed E-state index contributed by atoms with van der Waals surface area (Å²) in [4.78, 5) is 14.4. The van der Waals surface area contributed by atoms with Gasteiger partial charge in [-0.2, -0.15) is 0 Å². The van der Waals surface area contributed by atoms with Crippen LogP contribution in [-0.2, 0) is 0 Å². The first-order valence-corrected chi connectivity index (χ1v) is 8.62. The lowest BCUT2D eigenvalue weighted by atomic mass is 9.97. The topological polar surface area (TPSA) is 83.3 Å².